The fraction of sp³-hybridized carbons (Fsp3) is 0.600. The van der Waals surface area contributed by atoms with Gasteiger partial charge in [0.25, 0.3) is 0 Å². The highest BCUT2D eigenvalue weighted by molar-refractivity contribution is 5.82. The number of carbonyl (C=O) groups is 1. The van der Waals surface area contributed by atoms with E-state index in [0.29, 0.717) is 19.6 Å². The van der Waals surface area contributed by atoms with Crippen LogP contribution in [0.4, 0.5) is 0 Å². The summed E-state index contributed by atoms with van der Waals surface area (Å²) in [4.78, 5) is 18.9. The molecule has 0 unspecified atom stereocenters. The highest BCUT2D eigenvalue weighted by Gasteiger charge is 2.39. The Morgan fingerprint density at radius 3 is 2.68 bits per heavy atom. The molecule has 1 amide bonds. The van der Waals surface area contributed by atoms with Gasteiger partial charge in [-0.25, -0.2) is 0 Å². The standard InChI is InChI=1S/C15H23N3O/c1-14(2)10-17-15(3,4)11-18(13(14)19)9-12-7-5-6-8-16-12/h5-8,17H,9-11H2,1-4H3. The lowest BCUT2D eigenvalue weighted by Gasteiger charge is -2.30. The molecule has 1 saturated heterocycles. The third-order valence-electron chi connectivity index (χ3n) is 3.54. The van der Waals surface area contributed by atoms with E-state index in [1.54, 1.807) is 6.20 Å². The van der Waals surface area contributed by atoms with Crippen molar-refractivity contribution in [1.82, 2.24) is 15.2 Å². The Morgan fingerprint density at radius 2 is 2.05 bits per heavy atom. The highest BCUT2D eigenvalue weighted by atomic mass is 16.2. The molecular formula is C15H23N3O. The Bertz CT molecular complexity index is 454. The van der Waals surface area contributed by atoms with Gasteiger partial charge < -0.3 is 10.2 Å². The molecule has 19 heavy (non-hydrogen) atoms. The van der Waals surface area contributed by atoms with Crippen LogP contribution in [0.15, 0.2) is 24.4 Å². The Morgan fingerprint density at radius 1 is 1.32 bits per heavy atom. The molecule has 0 saturated carbocycles. The van der Waals surface area contributed by atoms with E-state index in [4.69, 9.17) is 0 Å². The molecule has 0 spiro atoms. The zero-order valence-electron chi connectivity index (χ0n) is 12.2. The first-order valence-corrected chi connectivity index (χ1v) is 6.74. The van der Waals surface area contributed by atoms with Crippen molar-refractivity contribution in [2.45, 2.75) is 39.8 Å². The smallest absolute Gasteiger partial charge is 0.229 e. The molecule has 1 fully saturated rings. The molecule has 2 heterocycles. The van der Waals surface area contributed by atoms with Crippen LogP contribution in [0.3, 0.4) is 0 Å². The van der Waals surface area contributed by atoms with Crippen molar-refractivity contribution < 1.29 is 4.79 Å². The van der Waals surface area contributed by atoms with Gasteiger partial charge in [0, 0.05) is 24.8 Å². The van der Waals surface area contributed by atoms with Crippen LogP contribution in [-0.4, -0.2) is 34.4 Å². The van der Waals surface area contributed by atoms with Crippen LogP contribution >= 0.6 is 0 Å². The maximum Gasteiger partial charge on any atom is 0.229 e. The van der Waals surface area contributed by atoms with Crippen molar-refractivity contribution in [3.8, 4) is 0 Å². The van der Waals surface area contributed by atoms with E-state index in [-0.39, 0.29) is 16.9 Å². The molecule has 4 nitrogen and oxygen atoms in total. The van der Waals surface area contributed by atoms with Crippen molar-refractivity contribution in [3.05, 3.63) is 30.1 Å². The second-order valence-electron chi connectivity index (χ2n) is 6.60. The van der Waals surface area contributed by atoms with Crippen molar-refractivity contribution in [2.75, 3.05) is 13.1 Å². The molecule has 1 N–H and O–H groups in total. The first kappa shape index (κ1) is 14.0. The summed E-state index contributed by atoms with van der Waals surface area (Å²) in [7, 11) is 0. The minimum Gasteiger partial charge on any atom is -0.334 e. The number of rotatable bonds is 2. The van der Waals surface area contributed by atoms with Gasteiger partial charge in [-0.3, -0.25) is 9.78 Å². The predicted molar refractivity (Wildman–Crippen MR) is 75.5 cm³/mol. The SMILES string of the molecule is CC1(C)CN(Cc2ccccn2)C(=O)C(C)(C)CN1. The first-order chi connectivity index (χ1) is 8.80. The van der Waals surface area contributed by atoms with Crippen LogP contribution in [0, 0.1) is 5.41 Å². The first-order valence-electron chi connectivity index (χ1n) is 6.74. The van der Waals surface area contributed by atoms with E-state index < -0.39 is 0 Å². The molecule has 1 aliphatic heterocycles. The van der Waals surface area contributed by atoms with Gasteiger partial charge in [-0.2, -0.15) is 0 Å². The molecular weight excluding hydrogens is 238 g/mol. The summed E-state index contributed by atoms with van der Waals surface area (Å²) < 4.78 is 0. The molecule has 0 aromatic carbocycles. The molecule has 1 aromatic heterocycles. The Hall–Kier alpha value is -1.42. The molecule has 104 valence electrons. The summed E-state index contributed by atoms with van der Waals surface area (Å²) >= 11 is 0. The van der Waals surface area contributed by atoms with Crippen LogP contribution in [0.2, 0.25) is 0 Å². The zero-order chi connectivity index (χ0) is 14.1. The van der Waals surface area contributed by atoms with Gasteiger partial charge in [-0.15, -0.1) is 0 Å². The fourth-order valence-corrected chi connectivity index (χ4v) is 2.38. The zero-order valence-corrected chi connectivity index (χ0v) is 12.2. The number of hydrogen-bond acceptors (Lipinski definition) is 3. The van der Waals surface area contributed by atoms with Crippen molar-refractivity contribution in [3.63, 3.8) is 0 Å². The summed E-state index contributed by atoms with van der Waals surface area (Å²) in [5, 5.41) is 3.47. The van der Waals surface area contributed by atoms with Crippen LogP contribution in [0.1, 0.15) is 33.4 Å². The number of nitrogens with zero attached hydrogens (tertiary/aromatic N) is 2. The van der Waals surface area contributed by atoms with E-state index in [0.717, 1.165) is 5.69 Å². The summed E-state index contributed by atoms with van der Waals surface area (Å²) in [5.74, 6) is 0.191. The third-order valence-corrected chi connectivity index (χ3v) is 3.54. The van der Waals surface area contributed by atoms with E-state index in [9.17, 15) is 4.79 Å². The topological polar surface area (TPSA) is 45.2 Å². The molecule has 2 rings (SSSR count). The number of carbonyl (C=O) groups excluding carboxylic acids is 1. The van der Waals surface area contributed by atoms with Gasteiger partial charge in [0.05, 0.1) is 17.7 Å². The summed E-state index contributed by atoms with van der Waals surface area (Å²) in [6.45, 7) is 10.2. The maximum atomic E-state index is 12.6. The van der Waals surface area contributed by atoms with Gasteiger partial charge in [0.1, 0.15) is 0 Å². The van der Waals surface area contributed by atoms with Crippen molar-refractivity contribution in [2.24, 2.45) is 5.41 Å². The van der Waals surface area contributed by atoms with Gasteiger partial charge in [0.2, 0.25) is 5.91 Å². The normalized spacial score (nSPS) is 22.1. The minimum atomic E-state index is -0.372. The molecule has 0 radical (unpaired) electrons. The van der Waals surface area contributed by atoms with Crippen molar-refractivity contribution in [1.29, 1.82) is 0 Å². The molecule has 0 bridgehead atoms. The maximum absolute atomic E-state index is 12.6. The summed E-state index contributed by atoms with van der Waals surface area (Å²) in [5.41, 5.74) is 0.491. The lowest BCUT2D eigenvalue weighted by atomic mass is 9.92. The number of hydrogen-bond donors (Lipinski definition) is 1. The van der Waals surface area contributed by atoms with Gasteiger partial charge >= 0.3 is 0 Å². The summed E-state index contributed by atoms with van der Waals surface area (Å²) in [6, 6.07) is 5.81. The molecule has 1 aliphatic rings. The average molecular weight is 261 g/mol. The molecule has 1 aromatic rings. The Labute approximate surface area is 115 Å². The number of amides is 1. The van der Waals surface area contributed by atoms with Gasteiger partial charge in [-0.1, -0.05) is 6.07 Å². The lowest BCUT2D eigenvalue weighted by molar-refractivity contribution is -0.139. The average Bonchev–Trinajstić information content (AvgIpc) is 2.42. The van der Waals surface area contributed by atoms with Crippen molar-refractivity contribution >= 4 is 5.91 Å². The molecule has 0 aliphatic carbocycles. The third kappa shape index (κ3) is 3.32. The Balaban J connectivity index is 2.22. The van der Waals surface area contributed by atoms with Gasteiger partial charge in [-0.05, 0) is 39.8 Å². The van der Waals surface area contributed by atoms with Gasteiger partial charge in [0.15, 0.2) is 0 Å². The summed E-state index contributed by atoms with van der Waals surface area (Å²) in [6.07, 6.45) is 1.77. The predicted octanol–water partition coefficient (Wildman–Crippen LogP) is 1.82. The fourth-order valence-electron chi connectivity index (χ4n) is 2.38. The monoisotopic (exact) mass is 261 g/mol. The second-order valence-corrected chi connectivity index (χ2v) is 6.60. The van der Waals surface area contributed by atoms with Crippen LogP contribution in [0.25, 0.3) is 0 Å². The minimum absolute atomic E-state index is 0.0712. The van der Waals surface area contributed by atoms with E-state index >= 15 is 0 Å². The van der Waals surface area contributed by atoms with Crippen LogP contribution < -0.4 is 5.32 Å². The van der Waals surface area contributed by atoms with E-state index in [1.165, 1.54) is 0 Å². The molecule has 0 atom stereocenters. The van der Waals surface area contributed by atoms with Crippen LogP contribution in [0.5, 0.6) is 0 Å². The van der Waals surface area contributed by atoms with Crippen LogP contribution in [-0.2, 0) is 11.3 Å². The highest BCUT2D eigenvalue weighted by Crippen LogP contribution is 2.25. The quantitative estimate of drug-likeness (QED) is 0.883. The number of pyridine rings is 1. The van der Waals surface area contributed by atoms with E-state index in [2.05, 4.69) is 24.1 Å². The van der Waals surface area contributed by atoms with E-state index in [1.807, 2.05) is 36.9 Å². The number of nitrogens with one attached hydrogen (secondary N) is 1. The largest absolute Gasteiger partial charge is 0.334 e. The Kier molecular flexibility index (Phi) is 3.63. The second kappa shape index (κ2) is 4.93. The number of aromatic nitrogens is 1. The lowest BCUT2D eigenvalue weighted by Crippen LogP contribution is -2.46. The molecule has 4 heteroatoms.